The molecule has 30 heavy (non-hydrogen) atoms. The molecule has 0 spiro atoms. The molecule has 0 radical (unpaired) electrons. The van der Waals surface area contributed by atoms with Crippen LogP contribution >= 0.6 is 0 Å². The molecule has 0 amide bonds. The molecule has 0 aromatic heterocycles. The van der Waals surface area contributed by atoms with Gasteiger partial charge in [-0.2, -0.15) is 26.3 Å². The highest BCUT2D eigenvalue weighted by Crippen LogP contribution is 2.40. The van der Waals surface area contributed by atoms with Gasteiger partial charge < -0.3 is 4.74 Å². The number of rotatable bonds is 5. The molecule has 0 N–H and O–H groups in total. The molecule has 1 saturated carbocycles. The van der Waals surface area contributed by atoms with Crippen molar-refractivity contribution in [1.29, 1.82) is 0 Å². The van der Waals surface area contributed by atoms with E-state index in [1.54, 1.807) is 0 Å². The summed E-state index contributed by atoms with van der Waals surface area (Å²) < 4.78 is 83.8. The third-order valence-corrected chi connectivity index (χ3v) is 5.45. The highest BCUT2D eigenvalue weighted by Gasteiger charge is 2.38. The number of ether oxygens (including phenoxy) is 1. The predicted octanol–water partition coefficient (Wildman–Crippen LogP) is 6.32. The minimum Gasteiger partial charge on any atom is -0.376 e. The lowest BCUT2D eigenvalue weighted by molar-refractivity contribution is -0.143. The van der Waals surface area contributed by atoms with Crippen LogP contribution in [0.3, 0.4) is 0 Å². The van der Waals surface area contributed by atoms with E-state index in [1.165, 1.54) is 0 Å². The molecule has 0 saturated heterocycles. The topological polar surface area (TPSA) is 26.3 Å². The van der Waals surface area contributed by atoms with Crippen molar-refractivity contribution < 1.29 is 35.9 Å². The van der Waals surface area contributed by atoms with E-state index in [4.69, 9.17) is 4.74 Å². The van der Waals surface area contributed by atoms with E-state index in [-0.39, 0.29) is 24.0 Å². The molecule has 0 unspecified atom stereocenters. The van der Waals surface area contributed by atoms with Crippen molar-refractivity contribution in [2.75, 3.05) is 6.61 Å². The molecular weight excluding hydrogens is 410 g/mol. The quantitative estimate of drug-likeness (QED) is 0.519. The van der Waals surface area contributed by atoms with Gasteiger partial charge in [0.1, 0.15) is 5.78 Å². The Morgan fingerprint density at radius 2 is 1.37 bits per heavy atom. The number of halogens is 6. The van der Waals surface area contributed by atoms with Crippen LogP contribution in [-0.4, -0.2) is 12.4 Å². The second-order valence-electron chi connectivity index (χ2n) is 7.59. The zero-order valence-corrected chi connectivity index (χ0v) is 15.9. The monoisotopic (exact) mass is 430 g/mol. The molecule has 1 aliphatic rings. The maximum absolute atomic E-state index is 13.0. The normalized spacial score (nSPS) is 17.2. The summed E-state index contributed by atoms with van der Waals surface area (Å²) in [6, 6.07) is 10.8. The van der Waals surface area contributed by atoms with E-state index in [0.717, 1.165) is 5.56 Å². The first kappa shape index (κ1) is 22.3. The lowest BCUT2D eigenvalue weighted by Gasteiger charge is -2.37. The second-order valence-corrected chi connectivity index (χ2v) is 7.59. The summed E-state index contributed by atoms with van der Waals surface area (Å²) in [4.78, 5) is 11.7. The highest BCUT2D eigenvalue weighted by atomic mass is 19.4. The van der Waals surface area contributed by atoms with Crippen LogP contribution in [0.4, 0.5) is 26.3 Å². The summed E-state index contributed by atoms with van der Waals surface area (Å²) in [6.45, 7) is -0.294. The van der Waals surface area contributed by atoms with E-state index in [0.29, 0.717) is 37.8 Å². The van der Waals surface area contributed by atoms with Gasteiger partial charge in [-0.1, -0.05) is 30.3 Å². The molecule has 2 nitrogen and oxygen atoms in total. The van der Waals surface area contributed by atoms with Crippen molar-refractivity contribution in [3.05, 3.63) is 70.8 Å². The Balaban J connectivity index is 1.81. The zero-order chi connectivity index (χ0) is 22.0. The molecular formula is C22H20F6O2. The molecule has 0 aliphatic heterocycles. The SMILES string of the molecule is O=C1CCC(COCc2cc(C(F)(F)F)cc(C(F)(F)F)c2)(c2ccccc2)CC1. The first-order valence-corrected chi connectivity index (χ1v) is 9.43. The van der Waals surface area contributed by atoms with Gasteiger partial charge >= 0.3 is 12.4 Å². The van der Waals surface area contributed by atoms with E-state index in [1.807, 2.05) is 30.3 Å². The van der Waals surface area contributed by atoms with Crippen molar-refractivity contribution in [3.8, 4) is 0 Å². The third kappa shape index (κ3) is 5.22. The minimum atomic E-state index is -4.90. The van der Waals surface area contributed by atoms with Gasteiger partial charge in [0, 0.05) is 18.3 Å². The zero-order valence-electron chi connectivity index (χ0n) is 15.9. The first-order valence-electron chi connectivity index (χ1n) is 9.43. The fourth-order valence-electron chi connectivity index (χ4n) is 3.78. The van der Waals surface area contributed by atoms with Crippen LogP contribution < -0.4 is 0 Å². The van der Waals surface area contributed by atoms with Gasteiger partial charge in [0.2, 0.25) is 0 Å². The summed E-state index contributed by atoms with van der Waals surface area (Å²) in [5.41, 5.74) is -2.48. The highest BCUT2D eigenvalue weighted by molar-refractivity contribution is 5.79. The summed E-state index contributed by atoms with van der Waals surface area (Å²) in [5.74, 6) is 0.134. The van der Waals surface area contributed by atoms with E-state index >= 15 is 0 Å². The Kier molecular flexibility index (Phi) is 6.26. The standard InChI is InChI=1S/C22H20F6O2/c23-21(24,25)17-10-15(11-18(12-17)22(26,27)28)13-30-14-20(8-6-19(29)7-9-20)16-4-2-1-3-5-16/h1-5,10-12H,6-9,13-14H2. The lowest BCUT2D eigenvalue weighted by Crippen LogP contribution is -2.36. The molecule has 3 rings (SSSR count). The van der Waals surface area contributed by atoms with Crippen LogP contribution in [0, 0.1) is 0 Å². The van der Waals surface area contributed by atoms with Crippen molar-refractivity contribution in [1.82, 2.24) is 0 Å². The Morgan fingerprint density at radius 3 is 1.87 bits per heavy atom. The van der Waals surface area contributed by atoms with Gasteiger partial charge in [0.15, 0.2) is 0 Å². The second kappa shape index (κ2) is 8.41. The minimum absolute atomic E-state index is 0.0989. The average Bonchev–Trinajstić information content (AvgIpc) is 2.69. The molecule has 1 fully saturated rings. The van der Waals surface area contributed by atoms with Crippen molar-refractivity contribution >= 4 is 5.78 Å². The smallest absolute Gasteiger partial charge is 0.376 e. The Hall–Kier alpha value is -2.35. The number of carbonyl (C=O) groups excluding carboxylic acids is 1. The van der Waals surface area contributed by atoms with Crippen molar-refractivity contribution in [3.63, 3.8) is 0 Å². The van der Waals surface area contributed by atoms with Crippen LogP contribution in [0.2, 0.25) is 0 Å². The van der Waals surface area contributed by atoms with E-state index in [2.05, 4.69) is 0 Å². The van der Waals surface area contributed by atoms with Gasteiger partial charge in [-0.05, 0) is 42.2 Å². The molecule has 2 aromatic rings. The molecule has 0 heterocycles. The molecule has 162 valence electrons. The maximum Gasteiger partial charge on any atom is 0.416 e. The Bertz CT molecular complexity index is 844. The van der Waals surface area contributed by atoms with Gasteiger partial charge in [-0.3, -0.25) is 4.79 Å². The molecule has 2 aromatic carbocycles. The number of hydrogen-bond donors (Lipinski definition) is 0. The average molecular weight is 430 g/mol. The summed E-state index contributed by atoms with van der Waals surface area (Å²) >= 11 is 0. The van der Waals surface area contributed by atoms with E-state index in [9.17, 15) is 31.1 Å². The van der Waals surface area contributed by atoms with Gasteiger partial charge in [0.05, 0.1) is 24.3 Å². The van der Waals surface area contributed by atoms with Crippen molar-refractivity contribution in [2.45, 2.75) is 50.1 Å². The Labute approximate surface area is 169 Å². The fourth-order valence-corrected chi connectivity index (χ4v) is 3.78. The third-order valence-electron chi connectivity index (χ3n) is 5.45. The van der Waals surface area contributed by atoms with Crippen LogP contribution in [0.15, 0.2) is 48.5 Å². The van der Waals surface area contributed by atoms with E-state index < -0.39 is 35.5 Å². The summed E-state index contributed by atoms with van der Waals surface area (Å²) in [6.07, 6.45) is -8.03. The van der Waals surface area contributed by atoms with Crippen LogP contribution in [0.1, 0.15) is 47.9 Å². The number of alkyl halides is 6. The predicted molar refractivity (Wildman–Crippen MR) is 97.7 cm³/mol. The number of carbonyl (C=O) groups is 1. The molecule has 0 atom stereocenters. The van der Waals surface area contributed by atoms with Crippen molar-refractivity contribution in [2.24, 2.45) is 0 Å². The van der Waals surface area contributed by atoms with Gasteiger partial charge in [-0.25, -0.2) is 0 Å². The van der Waals surface area contributed by atoms with Crippen LogP contribution in [0.25, 0.3) is 0 Å². The van der Waals surface area contributed by atoms with Crippen LogP contribution in [-0.2, 0) is 33.9 Å². The maximum atomic E-state index is 13.0. The fraction of sp³-hybridized carbons (Fsp3) is 0.409. The lowest BCUT2D eigenvalue weighted by atomic mass is 9.69. The van der Waals surface area contributed by atoms with Gasteiger partial charge in [0.25, 0.3) is 0 Å². The Morgan fingerprint density at radius 1 is 0.833 bits per heavy atom. The summed E-state index contributed by atoms with van der Waals surface area (Å²) in [7, 11) is 0. The largest absolute Gasteiger partial charge is 0.416 e. The number of hydrogen-bond acceptors (Lipinski definition) is 2. The van der Waals surface area contributed by atoms with Crippen LogP contribution in [0.5, 0.6) is 0 Å². The molecule has 0 bridgehead atoms. The van der Waals surface area contributed by atoms with Gasteiger partial charge in [-0.15, -0.1) is 0 Å². The summed E-state index contributed by atoms with van der Waals surface area (Å²) in [5, 5.41) is 0. The number of Topliss-reactive ketones (excluding diaryl/α,β-unsaturated/α-hetero) is 1. The first-order chi connectivity index (χ1) is 14.0. The number of benzene rings is 2. The molecule has 8 heteroatoms. The number of ketones is 1. The molecule has 1 aliphatic carbocycles.